The molecule has 0 bridgehead atoms. The van der Waals surface area contributed by atoms with Crippen LogP contribution >= 0.6 is 15.9 Å². The fourth-order valence-corrected chi connectivity index (χ4v) is 3.26. The van der Waals surface area contributed by atoms with Crippen molar-refractivity contribution in [3.63, 3.8) is 0 Å². The van der Waals surface area contributed by atoms with Crippen LogP contribution in [-0.4, -0.2) is 12.6 Å². The predicted octanol–water partition coefficient (Wildman–Crippen LogP) is 3.49. The number of fused-ring (bicyclic) bond motifs is 1. The first-order chi connectivity index (χ1) is 9.20. The molecule has 100 valence electrons. The number of benzene rings is 1. The summed E-state index contributed by atoms with van der Waals surface area (Å²) in [4.78, 5) is 2.38. The van der Waals surface area contributed by atoms with Gasteiger partial charge in [0, 0.05) is 18.3 Å². The summed E-state index contributed by atoms with van der Waals surface area (Å²) in [5.74, 6) is 0.915. The molecule has 3 nitrogen and oxygen atoms in total. The Labute approximate surface area is 121 Å². The summed E-state index contributed by atoms with van der Waals surface area (Å²) in [6.45, 7) is 2.78. The van der Waals surface area contributed by atoms with Gasteiger partial charge in [-0.2, -0.15) is 0 Å². The van der Waals surface area contributed by atoms with Gasteiger partial charge in [-0.3, -0.25) is 0 Å². The second kappa shape index (κ2) is 5.02. The summed E-state index contributed by atoms with van der Waals surface area (Å²) in [6, 6.07) is 13.0. The molecule has 1 aromatic carbocycles. The van der Waals surface area contributed by atoms with Gasteiger partial charge in [-0.05, 0) is 53.0 Å². The number of anilines is 1. The van der Waals surface area contributed by atoms with Crippen molar-refractivity contribution in [2.75, 3.05) is 11.4 Å². The zero-order valence-electron chi connectivity index (χ0n) is 10.8. The largest absolute Gasteiger partial charge is 0.452 e. The highest BCUT2D eigenvalue weighted by Gasteiger charge is 2.32. The predicted molar refractivity (Wildman–Crippen MR) is 80.3 cm³/mol. The molecule has 2 N–H and O–H groups in total. The van der Waals surface area contributed by atoms with E-state index < -0.39 is 0 Å². The lowest BCUT2D eigenvalue weighted by Crippen LogP contribution is -2.37. The van der Waals surface area contributed by atoms with Crippen molar-refractivity contribution < 1.29 is 4.42 Å². The summed E-state index contributed by atoms with van der Waals surface area (Å²) in [6.07, 6.45) is 1.06. The van der Waals surface area contributed by atoms with Gasteiger partial charge in [-0.15, -0.1) is 0 Å². The lowest BCUT2D eigenvalue weighted by atomic mass is 10.1. The zero-order chi connectivity index (χ0) is 13.4. The Morgan fingerprint density at radius 1 is 1.37 bits per heavy atom. The van der Waals surface area contributed by atoms with Crippen molar-refractivity contribution in [3.8, 4) is 0 Å². The van der Waals surface area contributed by atoms with E-state index in [0.29, 0.717) is 12.6 Å². The molecule has 1 aliphatic heterocycles. The van der Waals surface area contributed by atoms with Crippen molar-refractivity contribution in [2.24, 2.45) is 5.73 Å². The molecule has 2 atom stereocenters. The van der Waals surface area contributed by atoms with Gasteiger partial charge in [0.1, 0.15) is 5.76 Å². The van der Waals surface area contributed by atoms with E-state index in [1.807, 2.05) is 12.1 Å². The molecule has 2 unspecified atom stereocenters. The van der Waals surface area contributed by atoms with Crippen LogP contribution in [0.15, 0.2) is 45.5 Å². The van der Waals surface area contributed by atoms with Gasteiger partial charge >= 0.3 is 0 Å². The van der Waals surface area contributed by atoms with Gasteiger partial charge in [-0.1, -0.05) is 18.2 Å². The lowest BCUT2D eigenvalue weighted by molar-refractivity contribution is 0.425. The van der Waals surface area contributed by atoms with Gasteiger partial charge < -0.3 is 15.1 Å². The number of rotatable bonds is 3. The molecule has 3 rings (SSSR count). The van der Waals surface area contributed by atoms with E-state index in [0.717, 1.165) is 16.9 Å². The van der Waals surface area contributed by atoms with E-state index in [-0.39, 0.29) is 6.04 Å². The second-order valence-electron chi connectivity index (χ2n) is 4.98. The topological polar surface area (TPSA) is 42.4 Å². The Balaban J connectivity index is 2.00. The first-order valence-corrected chi connectivity index (χ1v) is 7.31. The maximum Gasteiger partial charge on any atom is 0.169 e. The molecule has 19 heavy (non-hydrogen) atoms. The van der Waals surface area contributed by atoms with Gasteiger partial charge in [0.15, 0.2) is 4.67 Å². The molecule has 4 heteroatoms. The molecule has 0 radical (unpaired) electrons. The minimum absolute atomic E-state index is 0.0879. The number of nitrogens with zero attached hydrogens (tertiary/aromatic N) is 1. The highest BCUT2D eigenvalue weighted by Crippen LogP contribution is 2.38. The molecule has 2 heterocycles. The zero-order valence-corrected chi connectivity index (χ0v) is 12.4. The van der Waals surface area contributed by atoms with Crippen LogP contribution in [0, 0.1) is 0 Å². The van der Waals surface area contributed by atoms with Crippen LogP contribution in [0.1, 0.15) is 24.3 Å². The van der Waals surface area contributed by atoms with E-state index >= 15 is 0 Å². The lowest BCUT2D eigenvalue weighted by Gasteiger charge is -2.32. The molecule has 0 aliphatic carbocycles. The maximum atomic E-state index is 6.00. The third kappa shape index (κ3) is 2.19. The minimum Gasteiger partial charge on any atom is -0.452 e. The molecule has 0 saturated heterocycles. The molecular weight excluding hydrogens is 304 g/mol. The minimum atomic E-state index is 0.0879. The maximum absolute atomic E-state index is 6.00. The summed E-state index contributed by atoms with van der Waals surface area (Å²) < 4.78 is 6.46. The standard InChI is InChI=1S/C15H17BrN2O/c1-10-8-11-4-2-3-5-12(11)18(10)13(9-17)14-6-7-15(16)19-14/h2-7,10,13H,8-9,17H2,1H3. The Morgan fingerprint density at radius 3 is 2.84 bits per heavy atom. The van der Waals surface area contributed by atoms with Crippen LogP contribution < -0.4 is 10.6 Å². The SMILES string of the molecule is CC1Cc2ccccc2N1C(CN)c1ccc(Br)o1. The number of furan rings is 1. The van der Waals surface area contributed by atoms with Crippen LogP contribution in [-0.2, 0) is 6.42 Å². The van der Waals surface area contributed by atoms with Crippen LogP contribution in [0.2, 0.25) is 0 Å². The summed E-state index contributed by atoms with van der Waals surface area (Å²) in [5.41, 5.74) is 8.66. The molecule has 0 saturated carbocycles. The summed E-state index contributed by atoms with van der Waals surface area (Å²) >= 11 is 3.36. The molecule has 1 aliphatic rings. The van der Waals surface area contributed by atoms with Crippen LogP contribution in [0.5, 0.6) is 0 Å². The molecule has 0 spiro atoms. The van der Waals surface area contributed by atoms with Crippen molar-refractivity contribution in [1.29, 1.82) is 0 Å². The number of hydrogen-bond donors (Lipinski definition) is 1. The smallest absolute Gasteiger partial charge is 0.169 e. The Hall–Kier alpha value is -1.26. The number of halogens is 1. The third-order valence-corrected chi connectivity index (χ3v) is 4.17. The monoisotopic (exact) mass is 320 g/mol. The summed E-state index contributed by atoms with van der Waals surface area (Å²) in [5, 5.41) is 0. The molecule has 2 aromatic rings. The number of para-hydroxylation sites is 1. The van der Waals surface area contributed by atoms with E-state index in [1.54, 1.807) is 0 Å². The highest BCUT2D eigenvalue weighted by molar-refractivity contribution is 9.10. The van der Waals surface area contributed by atoms with Crippen molar-refractivity contribution in [3.05, 3.63) is 52.4 Å². The first-order valence-electron chi connectivity index (χ1n) is 6.52. The third-order valence-electron chi connectivity index (χ3n) is 3.74. The van der Waals surface area contributed by atoms with E-state index in [9.17, 15) is 0 Å². The normalized spacial score (nSPS) is 19.5. The highest BCUT2D eigenvalue weighted by atomic mass is 79.9. The second-order valence-corrected chi connectivity index (χ2v) is 5.76. The fourth-order valence-electron chi connectivity index (χ4n) is 2.94. The first kappa shape index (κ1) is 12.8. The van der Waals surface area contributed by atoms with E-state index in [2.05, 4.69) is 52.0 Å². The fraction of sp³-hybridized carbons (Fsp3) is 0.333. The van der Waals surface area contributed by atoms with Crippen LogP contribution in [0.3, 0.4) is 0 Å². The van der Waals surface area contributed by atoms with E-state index in [1.165, 1.54) is 11.3 Å². The summed E-state index contributed by atoms with van der Waals surface area (Å²) in [7, 11) is 0. The van der Waals surface area contributed by atoms with Crippen molar-refractivity contribution in [1.82, 2.24) is 0 Å². The number of nitrogens with two attached hydrogens (primary N) is 1. The Kier molecular flexibility index (Phi) is 3.37. The molecule has 1 aromatic heterocycles. The Bertz CT molecular complexity index is 581. The van der Waals surface area contributed by atoms with Gasteiger partial charge in [0.05, 0.1) is 6.04 Å². The van der Waals surface area contributed by atoms with Crippen LogP contribution in [0.4, 0.5) is 5.69 Å². The Morgan fingerprint density at radius 2 is 2.16 bits per heavy atom. The molecule has 0 amide bonds. The average molecular weight is 321 g/mol. The van der Waals surface area contributed by atoms with Gasteiger partial charge in [0.2, 0.25) is 0 Å². The van der Waals surface area contributed by atoms with Gasteiger partial charge in [0.25, 0.3) is 0 Å². The average Bonchev–Trinajstić information content (AvgIpc) is 2.96. The van der Waals surface area contributed by atoms with Crippen LogP contribution in [0.25, 0.3) is 0 Å². The quantitative estimate of drug-likeness (QED) is 0.941. The molecular formula is C15H17BrN2O. The van der Waals surface area contributed by atoms with Crippen molar-refractivity contribution >= 4 is 21.6 Å². The number of hydrogen-bond acceptors (Lipinski definition) is 3. The molecule has 0 fully saturated rings. The van der Waals surface area contributed by atoms with Gasteiger partial charge in [-0.25, -0.2) is 0 Å². The van der Waals surface area contributed by atoms with Crippen molar-refractivity contribution in [2.45, 2.75) is 25.4 Å². The van der Waals surface area contributed by atoms with E-state index in [4.69, 9.17) is 10.2 Å².